The number of carbonyl (C=O) groups excluding carboxylic acids is 1. The predicted octanol–water partition coefficient (Wildman–Crippen LogP) is 4.24. The number of nitrogens with zero attached hydrogens (tertiary/aromatic N) is 3. The first kappa shape index (κ1) is 19.3. The van der Waals surface area contributed by atoms with Gasteiger partial charge in [-0.3, -0.25) is 4.79 Å². The molecule has 0 radical (unpaired) electrons. The van der Waals surface area contributed by atoms with E-state index >= 15 is 0 Å². The molecule has 0 bridgehead atoms. The minimum atomic E-state index is -0.176. The predicted molar refractivity (Wildman–Crippen MR) is 109 cm³/mol. The van der Waals surface area contributed by atoms with Crippen LogP contribution in [0, 0.1) is 6.92 Å². The zero-order valence-corrected chi connectivity index (χ0v) is 17.1. The molecule has 1 amide bonds. The van der Waals surface area contributed by atoms with Crippen molar-refractivity contribution in [2.75, 3.05) is 25.7 Å². The van der Waals surface area contributed by atoms with Crippen LogP contribution < -0.4 is 14.4 Å². The number of methoxy groups -OCH3 is 2. The topological polar surface area (TPSA) is 77.7 Å². The molecule has 0 spiro atoms. The molecule has 150 valence electrons. The lowest BCUT2D eigenvalue weighted by molar-refractivity contribution is -0.117. The van der Waals surface area contributed by atoms with Gasteiger partial charge < -0.3 is 18.9 Å². The van der Waals surface area contributed by atoms with Gasteiger partial charge in [-0.1, -0.05) is 22.8 Å². The summed E-state index contributed by atoms with van der Waals surface area (Å²) in [5.41, 5.74) is 2.42. The van der Waals surface area contributed by atoms with Gasteiger partial charge >= 0.3 is 0 Å². The average Bonchev–Trinajstić information content (AvgIpc) is 3.35. The van der Waals surface area contributed by atoms with Crippen LogP contribution in [0.25, 0.3) is 11.5 Å². The summed E-state index contributed by atoms with van der Waals surface area (Å²) in [6.07, 6.45) is 0.296. The van der Waals surface area contributed by atoms with Gasteiger partial charge in [0.2, 0.25) is 5.91 Å². The second kappa shape index (κ2) is 7.75. The second-order valence-electron chi connectivity index (χ2n) is 6.92. The van der Waals surface area contributed by atoms with E-state index in [9.17, 15) is 4.79 Å². The van der Waals surface area contributed by atoms with Crippen LogP contribution in [0.15, 0.2) is 40.9 Å². The average molecular weight is 414 g/mol. The van der Waals surface area contributed by atoms with E-state index in [-0.39, 0.29) is 11.8 Å². The molecule has 4 rings (SSSR count). The molecule has 8 heteroatoms. The number of amides is 1. The van der Waals surface area contributed by atoms with Crippen molar-refractivity contribution < 1.29 is 18.8 Å². The highest BCUT2D eigenvalue weighted by Gasteiger charge is 2.35. The van der Waals surface area contributed by atoms with Crippen molar-refractivity contribution in [3.8, 4) is 23.0 Å². The summed E-state index contributed by atoms with van der Waals surface area (Å²) in [4.78, 5) is 18.8. The van der Waals surface area contributed by atoms with Crippen LogP contribution in [0.1, 0.15) is 23.7 Å². The zero-order chi connectivity index (χ0) is 20.5. The Hall–Kier alpha value is -3.06. The van der Waals surface area contributed by atoms with E-state index in [0.29, 0.717) is 52.5 Å². The number of aromatic nitrogens is 2. The number of halogens is 1. The van der Waals surface area contributed by atoms with E-state index in [1.54, 1.807) is 37.3 Å². The molecule has 1 aromatic heterocycles. The molecule has 1 saturated heterocycles. The SMILES string of the molecule is COc1cc(OC)cc(-c2nc(C3CC(=O)N(c4ccc(C)cc4Cl)C3)no2)c1. The van der Waals surface area contributed by atoms with E-state index in [1.807, 2.05) is 25.1 Å². The van der Waals surface area contributed by atoms with Gasteiger partial charge in [0, 0.05) is 30.5 Å². The van der Waals surface area contributed by atoms with Crippen LogP contribution >= 0.6 is 11.6 Å². The molecule has 1 aliphatic rings. The highest BCUT2D eigenvalue weighted by Crippen LogP contribution is 2.36. The molecule has 3 aromatic rings. The fraction of sp³-hybridized carbons (Fsp3) is 0.286. The molecule has 1 atom stereocenters. The van der Waals surface area contributed by atoms with E-state index in [0.717, 1.165) is 5.56 Å². The van der Waals surface area contributed by atoms with Crippen molar-refractivity contribution in [2.24, 2.45) is 0 Å². The van der Waals surface area contributed by atoms with Crippen LogP contribution in [0.4, 0.5) is 5.69 Å². The molecule has 0 aliphatic carbocycles. The van der Waals surface area contributed by atoms with Crippen LogP contribution in [-0.2, 0) is 4.79 Å². The van der Waals surface area contributed by atoms with Gasteiger partial charge in [0.15, 0.2) is 5.82 Å². The van der Waals surface area contributed by atoms with Crippen molar-refractivity contribution in [1.82, 2.24) is 10.1 Å². The Balaban J connectivity index is 1.58. The third-order valence-electron chi connectivity index (χ3n) is 4.92. The van der Waals surface area contributed by atoms with Gasteiger partial charge in [0.25, 0.3) is 5.89 Å². The Morgan fingerprint density at radius 2 is 1.86 bits per heavy atom. The maximum atomic E-state index is 12.6. The number of anilines is 1. The number of aryl methyl sites for hydroxylation is 1. The molecular formula is C21H20ClN3O4. The summed E-state index contributed by atoms with van der Waals surface area (Å²) < 4.78 is 16.0. The number of carbonyl (C=O) groups is 1. The summed E-state index contributed by atoms with van der Waals surface area (Å²) in [6, 6.07) is 11.0. The highest BCUT2D eigenvalue weighted by atomic mass is 35.5. The molecule has 2 heterocycles. The van der Waals surface area contributed by atoms with E-state index < -0.39 is 0 Å². The maximum Gasteiger partial charge on any atom is 0.258 e. The van der Waals surface area contributed by atoms with Gasteiger partial charge in [-0.2, -0.15) is 4.98 Å². The fourth-order valence-electron chi connectivity index (χ4n) is 3.39. The summed E-state index contributed by atoms with van der Waals surface area (Å²) in [6.45, 7) is 2.40. The molecule has 29 heavy (non-hydrogen) atoms. The normalized spacial score (nSPS) is 16.3. The molecule has 1 unspecified atom stereocenters. The van der Waals surface area contributed by atoms with E-state index in [1.165, 1.54) is 0 Å². The Kier molecular flexibility index (Phi) is 5.15. The molecule has 1 fully saturated rings. The first-order valence-corrected chi connectivity index (χ1v) is 9.50. The molecule has 0 saturated carbocycles. The first-order chi connectivity index (χ1) is 14.0. The van der Waals surface area contributed by atoms with Gasteiger partial charge in [-0.15, -0.1) is 0 Å². The largest absolute Gasteiger partial charge is 0.497 e. The van der Waals surface area contributed by atoms with Crippen LogP contribution in [0.3, 0.4) is 0 Å². The zero-order valence-electron chi connectivity index (χ0n) is 16.3. The molecule has 2 aromatic carbocycles. The lowest BCUT2D eigenvalue weighted by Gasteiger charge is -2.18. The molecule has 1 aliphatic heterocycles. The summed E-state index contributed by atoms with van der Waals surface area (Å²) in [7, 11) is 3.15. The second-order valence-corrected chi connectivity index (χ2v) is 7.33. The number of hydrogen-bond donors (Lipinski definition) is 0. The minimum Gasteiger partial charge on any atom is -0.497 e. The Morgan fingerprint density at radius 1 is 1.14 bits per heavy atom. The van der Waals surface area contributed by atoms with Gasteiger partial charge in [-0.25, -0.2) is 0 Å². The van der Waals surface area contributed by atoms with Gasteiger partial charge in [-0.05, 0) is 36.8 Å². The van der Waals surface area contributed by atoms with E-state index in [2.05, 4.69) is 10.1 Å². The van der Waals surface area contributed by atoms with Crippen molar-refractivity contribution in [2.45, 2.75) is 19.3 Å². The van der Waals surface area contributed by atoms with Crippen molar-refractivity contribution in [3.05, 3.63) is 52.8 Å². The minimum absolute atomic E-state index is 0.0184. The van der Waals surface area contributed by atoms with Gasteiger partial charge in [0.05, 0.1) is 24.9 Å². The summed E-state index contributed by atoms with van der Waals surface area (Å²) >= 11 is 6.34. The molecule has 0 N–H and O–H groups in total. The number of hydrogen-bond acceptors (Lipinski definition) is 6. The Morgan fingerprint density at radius 3 is 2.52 bits per heavy atom. The van der Waals surface area contributed by atoms with Crippen molar-refractivity contribution >= 4 is 23.2 Å². The maximum absolute atomic E-state index is 12.6. The van der Waals surface area contributed by atoms with Crippen LogP contribution in [0.2, 0.25) is 5.02 Å². The lowest BCUT2D eigenvalue weighted by Crippen LogP contribution is -2.24. The van der Waals surface area contributed by atoms with Crippen LogP contribution in [-0.4, -0.2) is 36.8 Å². The number of benzene rings is 2. The van der Waals surface area contributed by atoms with Crippen molar-refractivity contribution in [3.63, 3.8) is 0 Å². The summed E-state index contributed by atoms with van der Waals surface area (Å²) in [5, 5.41) is 4.66. The summed E-state index contributed by atoms with van der Waals surface area (Å²) in [5.74, 6) is 1.88. The first-order valence-electron chi connectivity index (χ1n) is 9.12. The lowest BCUT2D eigenvalue weighted by atomic mass is 10.1. The Labute approximate surface area is 173 Å². The van der Waals surface area contributed by atoms with Crippen LogP contribution in [0.5, 0.6) is 11.5 Å². The quantitative estimate of drug-likeness (QED) is 0.622. The highest BCUT2D eigenvalue weighted by molar-refractivity contribution is 6.34. The Bertz CT molecular complexity index is 1040. The third kappa shape index (κ3) is 3.78. The smallest absolute Gasteiger partial charge is 0.258 e. The van der Waals surface area contributed by atoms with Crippen molar-refractivity contribution in [1.29, 1.82) is 0 Å². The monoisotopic (exact) mass is 413 g/mol. The van der Waals surface area contributed by atoms with E-state index in [4.69, 9.17) is 25.6 Å². The molecular weight excluding hydrogens is 394 g/mol. The standard InChI is InChI=1S/C21H20ClN3O4/c1-12-4-5-18(17(22)6-12)25-11-14(9-19(25)26)20-23-21(29-24-20)13-7-15(27-2)10-16(8-13)28-3/h4-8,10,14H,9,11H2,1-3H3. The number of rotatable bonds is 5. The third-order valence-corrected chi connectivity index (χ3v) is 5.23. The fourth-order valence-corrected chi connectivity index (χ4v) is 3.73. The van der Waals surface area contributed by atoms with Gasteiger partial charge in [0.1, 0.15) is 11.5 Å². The molecule has 7 nitrogen and oxygen atoms in total. The number of ether oxygens (including phenoxy) is 2.